The molecule has 0 radical (unpaired) electrons. The zero-order valence-electron chi connectivity index (χ0n) is 11.5. The molecule has 1 aromatic carbocycles. The molecule has 1 aliphatic carbocycles. The van der Waals surface area contributed by atoms with Crippen molar-refractivity contribution in [3.8, 4) is 0 Å². The lowest BCUT2D eigenvalue weighted by atomic mass is 9.78. The summed E-state index contributed by atoms with van der Waals surface area (Å²) in [5.74, 6) is -1.40. The van der Waals surface area contributed by atoms with Crippen LogP contribution in [-0.2, 0) is 0 Å². The predicted molar refractivity (Wildman–Crippen MR) is 70.9 cm³/mol. The summed E-state index contributed by atoms with van der Waals surface area (Å²) >= 11 is 0. The van der Waals surface area contributed by atoms with E-state index in [1.165, 1.54) is 12.1 Å². The maximum absolute atomic E-state index is 13.2. The Morgan fingerprint density at radius 1 is 1.00 bits per heavy atom. The summed E-state index contributed by atoms with van der Waals surface area (Å²) in [4.78, 5) is 0. The van der Waals surface area contributed by atoms with Gasteiger partial charge in [0.05, 0.1) is 6.42 Å². The Labute approximate surface area is 120 Å². The van der Waals surface area contributed by atoms with Crippen molar-refractivity contribution in [2.24, 2.45) is 5.92 Å². The Kier molecular flexibility index (Phi) is 5.01. The van der Waals surface area contributed by atoms with E-state index in [-0.39, 0.29) is 11.8 Å². The van der Waals surface area contributed by atoms with Crippen LogP contribution in [0.15, 0.2) is 30.4 Å². The molecule has 2 rings (SSSR count). The molecule has 0 amide bonds. The molecule has 1 aliphatic rings. The molecule has 0 atom stereocenters. The van der Waals surface area contributed by atoms with Gasteiger partial charge >= 0.3 is 6.18 Å². The standard InChI is InChI=1S/C16H17F5/c17-14-8-7-13(10-15(14)18)12-5-3-11(4-6-12)2-1-9-16(19,20)21/h1-2,7-8,10-12H,3-6,9H2/b2-1+. The topological polar surface area (TPSA) is 0 Å². The van der Waals surface area contributed by atoms with Gasteiger partial charge < -0.3 is 0 Å². The molecule has 0 aromatic heterocycles. The molecule has 0 N–H and O–H groups in total. The van der Waals surface area contributed by atoms with E-state index in [2.05, 4.69) is 0 Å². The van der Waals surface area contributed by atoms with Crippen LogP contribution in [0.5, 0.6) is 0 Å². The van der Waals surface area contributed by atoms with E-state index in [0.29, 0.717) is 0 Å². The van der Waals surface area contributed by atoms with E-state index in [9.17, 15) is 22.0 Å². The van der Waals surface area contributed by atoms with Crippen LogP contribution in [0.25, 0.3) is 0 Å². The van der Waals surface area contributed by atoms with Gasteiger partial charge in [0.25, 0.3) is 0 Å². The smallest absolute Gasteiger partial charge is 0.204 e. The molecule has 0 bridgehead atoms. The summed E-state index contributed by atoms with van der Waals surface area (Å²) in [5, 5.41) is 0. The molecule has 0 spiro atoms. The highest BCUT2D eigenvalue weighted by molar-refractivity contribution is 5.22. The van der Waals surface area contributed by atoms with Crippen LogP contribution in [-0.4, -0.2) is 6.18 Å². The second kappa shape index (κ2) is 6.58. The molecule has 1 aromatic rings. The number of alkyl halides is 3. The SMILES string of the molecule is Fc1ccc(C2CCC(/C=C/CC(F)(F)F)CC2)cc1F. The molecule has 0 aliphatic heterocycles. The zero-order chi connectivity index (χ0) is 15.5. The molecular weight excluding hydrogens is 287 g/mol. The molecule has 0 unspecified atom stereocenters. The summed E-state index contributed by atoms with van der Waals surface area (Å²) in [6, 6.07) is 3.93. The number of halogens is 5. The lowest BCUT2D eigenvalue weighted by Gasteiger charge is -2.27. The molecule has 0 nitrogen and oxygen atoms in total. The maximum Gasteiger partial charge on any atom is 0.392 e. The van der Waals surface area contributed by atoms with Crippen LogP contribution >= 0.6 is 0 Å². The molecule has 21 heavy (non-hydrogen) atoms. The van der Waals surface area contributed by atoms with E-state index >= 15 is 0 Å². The summed E-state index contributed by atoms with van der Waals surface area (Å²) in [5.41, 5.74) is 0.770. The van der Waals surface area contributed by atoms with Crippen molar-refractivity contribution < 1.29 is 22.0 Å². The van der Waals surface area contributed by atoms with Crippen molar-refractivity contribution in [2.45, 2.75) is 44.2 Å². The molecular formula is C16H17F5. The van der Waals surface area contributed by atoms with E-state index in [1.54, 1.807) is 12.1 Å². The highest BCUT2D eigenvalue weighted by atomic mass is 19.4. The first-order valence-electron chi connectivity index (χ1n) is 7.03. The highest BCUT2D eigenvalue weighted by Crippen LogP contribution is 2.37. The molecule has 0 saturated heterocycles. The second-order valence-electron chi connectivity index (χ2n) is 5.53. The molecule has 1 saturated carbocycles. The third-order valence-corrected chi connectivity index (χ3v) is 3.94. The lowest BCUT2D eigenvalue weighted by Crippen LogP contribution is -2.12. The van der Waals surface area contributed by atoms with Gasteiger partial charge in [0, 0.05) is 0 Å². The number of hydrogen-bond acceptors (Lipinski definition) is 0. The van der Waals surface area contributed by atoms with Gasteiger partial charge in [0.1, 0.15) is 0 Å². The fourth-order valence-electron chi connectivity index (χ4n) is 2.81. The zero-order valence-corrected chi connectivity index (χ0v) is 11.5. The van der Waals surface area contributed by atoms with E-state index in [0.717, 1.165) is 37.3 Å². The van der Waals surface area contributed by atoms with Gasteiger partial charge in [-0.2, -0.15) is 13.2 Å². The second-order valence-corrected chi connectivity index (χ2v) is 5.53. The fourth-order valence-corrected chi connectivity index (χ4v) is 2.81. The molecule has 116 valence electrons. The minimum atomic E-state index is -4.15. The quantitative estimate of drug-likeness (QED) is 0.493. The van der Waals surface area contributed by atoms with Gasteiger partial charge in [-0.15, -0.1) is 0 Å². The Hall–Kier alpha value is -1.39. The molecule has 0 heterocycles. The fraction of sp³-hybridized carbons (Fsp3) is 0.500. The summed E-state index contributed by atoms with van der Waals surface area (Å²) in [6.45, 7) is 0. The summed E-state index contributed by atoms with van der Waals surface area (Å²) in [7, 11) is 0. The van der Waals surface area contributed by atoms with Crippen molar-refractivity contribution in [3.05, 3.63) is 47.5 Å². The summed E-state index contributed by atoms with van der Waals surface area (Å²) < 4.78 is 62.2. The number of benzene rings is 1. The third-order valence-electron chi connectivity index (χ3n) is 3.94. The minimum Gasteiger partial charge on any atom is -0.204 e. The van der Waals surface area contributed by atoms with Crippen molar-refractivity contribution in [1.29, 1.82) is 0 Å². The number of hydrogen-bond donors (Lipinski definition) is 0. The van der Waals surface area contributed by atoms with Gasteiger partial charge in [-0.1, -0.05) is 18.2 Å². The number of rotatable bonds is 3. The molecule has 5 heteroatoms. The first kappa shape index (κ1) is 16.0. The van der Waals surface area contributed by atoms with Crippen molar-refractivity contribution in [3.63, 3.8) is 0 Å². The predicted octanol–water partition coefficient (Wildman–Crippen LogP) is 5.75. The number of allylic oxidation sites excluding steroid dienone is 2. The Balaban J connectivity index is 1.87. The van der Waals surface area contributed by atoms with Crippen molar-refractivity contribution >= 4 is 0 Å². The van der Waals surface area contributed by atoms with E-state index < -0.39 is 24.2 Å². The van der Waals surface area contributed by atoms with Crippen molar-refractivity contribution in [2.75, 3.05) is 0 Å². The first-order valence-corrected chi connectivity index (χ1v) is 7.03. The maximum atomic E-state index is 13.2. The lowest BCUT2D eigenvalue weighted by molar-refractivity contribution is -0.125. The minimum absolute atomic E-state index is 0.147. The molecule has 1 fully saturated rings. The third kappa shape index (κ3) is 4.83. The van der Waals surface area contributed by atoms with Gasteiger partial charge in [-0.05, 0) is 55.2 Å². The van der Waals surface area contributed by atoms with Crippen LogP contribution in [0.3, 0.4) is 0 Å². The summed E-state index contributed by atoms with van der Waals surface area (Å²) in [6.07, 6.45) is 0.890. The first-order chi connectivity index (χ1) is 9.85. The average Bonchev–Trinajstić information content (AvgIpc) is 2.41. The van der Waals surface area contributed by atoms with Gasteiger partial charge in [-0.3, -0.25) is 0 Å². The average molecular weight is 304 g/mol. The van der Waals surface area contributed by atoms with Crippen LogP contribution in [0.1, 0.15) is 43.6 Å². The Morgan fingerprint density at radius 2 is 1.67 bits per heavy atom. The van der Waals surface area contributed by atoms with Crippen LogP contribution in [0, 0.1) is 17.6 Å². The van der Waals surface area contributed by atoms with Gasteiger partial charge in [0.15, 0.2) is 11.6 Å². The largest absolute Gasteiger partial charge is 0.392 e. The monoisotopic (exact) mass is 304 g/mol. The van der Waals surface area contributed by atoms with Gasteiger partial charge in [-0.25, -0.2) is 8.78 Å². The van der Waals surface area contributed by atoms with Crippen molar-refractivity contribution in [1.82, 2.24) is 0 Å². The Morgan fingerprint density at radius 3 is 2.24 bits per heavy atom. The normalized spacial score (nSPS) is 23.7. The van der Waals surface area contributed by atoms with Crippen LogP contribution < -0.4 is 0 Å². The van der Waals surface area contributed by atoms with Gasteiger partial charge in [0.2, 0.25) is 0 Å². The van der Waals surface area contributed by atoms with E-state index in [1.807, 2.05) is 0 Å². The highest BCUT2D eigenvalue weighted by Gasteiger charge is 2.25. The van der Waals surface area contributed by atoms with E-state index in [4.69, 9.17) is 0 Å². The van der Waals surface area contributed by atoms with Crippen LogP contribution in [0.2, 0.25) is 0 Å². The van der Waals surface area contributed by atoms with Crippen LogP contribution in [0.4, 0.5) is 22.0 Å². The Bertz CT molecular complexity index is 496.